The molecule has 0 amide bonds. The number of hydrogen-bond acceptors (Lipinski definition) is 2. The molecule has 14 heavy (non-hydrogen) atoms. The Balaban J connectivity index is 2.54. The molecule has 0 heterocycles. The third-order valence-electron chi connectivity index (χ3n) is 1.77. The molecule has 0 aliphatic rings. The molecular formula is C12H16OS. The fourth-order valence-corrected chi connectivity index (χ4v) is 1.19. The van der Waals surface area contributed by atoms with Crippen molar-refractivity contribution >= 4 is 18.7 Å². The summed E-state index contributed by atoms with van der Waals surface area (Å²) in [5.41, 5.74) is 1.18. The Morgan fingerprint density at radius 2 is 2.00 bits per heavy atom. The van der Waals surface area contributed by atoms with Crippen molar-refractivity contribution in [3.05, 3.63) is 35.9 Å². The molecule has 0 aromatic heterocycles. The van der Waals surface area contributed by atoms with Crippen LogP contribution in [0.4, 0.5) is 0 Å². The zero-order valence-electron chi connectivity index (χ0n) is 8.44. The van der Waals surface area contributed by atoms with E-state index in [2.05, 4.69) is 25.6 Å². The minimum absolute atomic E-state index is 0.772. The SMILES string of the molecule is CCCOc1ccc(C=CCS)cc1. The molecule has 0 N–H and O–H groups in total. The van der Waals surface area contributed by atoms with Gasteiger partial charge in [-0.1, -0.05) is 31.2 Å². The molecule has 0 aliphatic heterocycles. The van der Waals surface area contributed by atoms with Gasteiger partial charge in [0.05, 0.1) is 6.61 Å². The maximum Gasteiger partial charge on any atom is 0.119 e. The van der Waals surface area contributed by atoms with Gasteiger partial charge < -0.3 is 4.74 Å². The molecule has 1 nitrogen and oxygen atoms in total. The summed E-state index contributed by atoms with van der Waals surface area (Å²) in [7, 11) is 0. The second-order valence-electron chi connectivity index (χ2n) is 3.00. The molecule has 2 heteroatoms. The molecule has 0 atom stereocenters. The van der Waals surface area contributed by atoms with Gasteiger partial charge in [-0.3, -0.25) is 0 Å². The van der Waals surface area contributed by atoms with E-state index in [-0.39, 0.29) is 0 Å². The minimum atomic E-state index is 0.772. The number of hydrogen-bond donors (Lipinski definition) is 1. The van der Waals surface area contributed by atoms with Crippen LogP contribution in [-0.2, 0) is 0 Å². The smallest absolute Gasteiger partial charge is 0.119 e. The molecule has 1 aromatic carbocycles. The molecule has 0 saturated carbocycles. The Bertz CT molecular complexity index is 277. The van der Waals surface area contributed by atoms with Crippen molar-refractivity contribution in [1.29, 1.82) is 0 Å². The maximum absolute atomic E-state index is 5.48. The van der Waals surface area contributed by atoms with Crippen LogP contribution in [0.5, 0.6) is 5.75 Å². The Kier molecular flexibility index (Phi) is 5.23. The van der Waals surface area contributed by atoms with Crippen LogP contribution in [0.25, 0.3) is 6.08 Å². The summed E-state index contributed by atoms with van der Waals surface area (Å²) in [5.74, 6) is 1.71. The Morgan fingerprint density at radius 3 is 2.57 bits per heavy atom. The van der Waals surface area contributed by atoms with Crippen LogP contribution in [0.1, 0.15) is 18.9 Å². The highest BCUT2D eigenvalue weighted by Gasteiger charge is 1.91. The summed E-state index contributed by atoms with van der Waals surface area (Å²) in [6.07, 6.45) is 5.11. The number of ether oxygens (including phenoxy) is 1. The summed E-state index contributed by atoms with van der Waals surface area (Å²) < 4.78 is 5.48. The lowest BCUT2D eigenvalue weighted by molar-refractivity contribution is 0.317. The molecular weight excluding hydrogens is 192 g/mol. The van der Waals surface area contributed by atoms with Crippen LogP contribution in [-0.4, -0.2) is 12.4 Å². The number of thiol groups is 1. The van der Waals surface area contributed by atoms with E-state index in [1.807, 2.05) is 30.3 Å². The van der Waals surface area contributed by atoms with Gasteiger partial charge >= 0.3 is 0 Å². The van der Waals surface area contributed by atoms with Gasteiger partial charge in [0.1, 0.15) is 5.75 Å². The minimum Gasteiger partial charge on any atom is -0.494 e. The summed E-state index contributed by atoms with van der Waals surface area (Å²) in [4.78, 5) is 0. The first kappa shape index (κ1) is 11.2. The van der Waals surface area contributed by atoms with Crippen molar-refractivity contribution in [2.45, 2.75) is 13.3 Å². The fourth-order valence-electron chi connectivity index (χ4n) is 1.08. The van der Waals surface area contributed by atoms with E-state index in [0.29, 0.717) is 0 Å². The number of benzene rings is 1. The normalized spacial score (nSPS) is 10.7. The third-order valence-corrected chi connectivity index (χ3v) is 1.98. The first-order valence-electron chi connectivity index (χ1n) is 4.87. The van der Waals surface area contributed by atoms with Crippen molar-refractivity contribution in [3.63, 3.8) is 0 Å². The predicted octanol–water partition coefficient (Wildman–Crippen LogP) is 3.42. The van der Waals surface area contributed by atoms with Crippen molar-refractivity contribution in [3.8, 4) is 5.75 Å². The van der Waals surface area contributed by atoms with Gasteiger partial charge in [0.2, 0.25) is 0 Å². The van der Waals surface area contributed by atoms with Crippen LogP contribution >= 0.6 is 12.6 Å². The highest BCUT2D eigenvalue weighted by atomic mass is 32.1. The Hall–Kier alpha value is -0.890. The second-order valence-corrected chi connectivity index (χ2v) is 3.37. The van der Waals surface area contributed by atoms with E-state index < -0.39 is 0 Å². The average Bonchev–Trinajstić information content (AvgIpc) is 2.25. The largest absolute Gasteiger partial charge is 0.494 e. The standard InChI is InChI=1S/C12H16OS/c1-2-9-13-12-7-5-11(6-8-12)4-3-10-14/h3-8,14H,2,9-10H2,1H3. The van der Waals surface area contributed by atoms with Gasteiger partial charge in [-0.05, 0) is 24.1 Å². The van der Waals surface area contributed by atoms with E-state index >= 15 is 0 Å². The van der Waals surface area contributed by atoms with Gasteiger partial charge in [-0.2, -0.15) is 12.6 Å². The van der Waals surface area contributed by atoms with Crippen LogP contribution in [0.15, 0.2) is 30.3 Å². The summed E-state index contributed by atoms with van der Waals surface area (Å²) in [5, 5.41) is 0. The van der Waals surface area contributed by atoms with Crippen LogP contribution in [0.3, 0.4) is 0 Å². The summed E-state index contributed by atoms with van der Waals surface area (Å²) in [6.45, 7) is 2.88. The van der Waals surface area contributed by atoms with Crippen LogP contribution in [0, 0.1) is 0 Å². The van der Waals surface area contributed by atoms with Crippen molar-refractivity contribution in [2.75, 3.05) is 12.4 Å². The molecule has 76 valence electrons. The van der Waals surface area contributed by atoms with E-state index in [9.17, 15) is 0 Å². The highest BCUT2D eigenvalue weighted by Crippen LogP contribution is 2.13. The molecule has 1 aromatic rings. The Labute approximate surface area is 91.2 Å². The van der Waals surface area contributed by atoms with Gasteiger partial charge in [0, 0.05) is 5.75 Å². The van der Waals surface area contributed by atoms with Gasteiger partial charge in [-0.25, -0.2) is 0 Å². The lowest BCUT2D eigenvalue weighted by Crippen LogP contribution is -1.94. The second kappa shape index (κ2) is 6.55. The highest BCUT2D eigenvalue weighted by molar-refractivity contribution is 7.80. The Morgan fingerprint density at radius 1 is 1.29 bits per heavy atom. The van der Waals surface area contributed by atoms with Gasteiger partial charge in [0.25, 0.3) is 0 Å². The summed E-state index contributed by atoms with van der Waals surface area (Å²) >= 11 is 4.11. The lowest BCUT2D eigenvalue weighted by atomic mass is 10.2. The first-order valence-corrected chi connectivity index (χ1v) is 5.50. The number of rotatable bonds is 5. The molecule has 0 aliphatic carbocycles. The van der Waals surface area contributed by atoms with E-state index in [1.165, 1.54) is 5.56 Å². The molecule has 0 spiro atoms. The van der Waals surface area contributed by atoms with Crippen molar-refractivity contribution in [2.24, 2.45) is 0 Å². The van der Waals surface area contributed by atoms with Crippen molar-refractivity contribution < 1.29 is 4.74 Å². The van der Waals surface area contributed by atoms with Gasteiger partial charge in [-0.15, -0.1) is 0 Å². The first-order chi connectivity index (χ1) is 6.86. The topological polar surface area (TPSA) is 9.23 Å². The zero-order valence-corrected chi connectivity index (χ0v) is 9.34. The molecule has 0 fully saturated rings. The monoisotopic (exact) mass is 208 g/mol. The van der Waals surface area contributed by atoms with Crippen LogP contribution < -0.4 is 4.74 Å². The third kappa shape index (κ3) is 3.88. The molecule has 0 saturated heterocycles. The molecule has 0 bridgehead atoms. The zero-order chi connectivity index (χ0) is 10.2. The van der Waals surface area contributed by atoms with E-state index in [4.69, 9.17) is 4.74 Å². The summed E-state index contributed by atoms with van der Waals surface area (Å²) in [6, 6.07) is 8.08. The lowest BCUT2D eigenvalue weighted by Gasteiger charge is -2.03. The maximum atomic E-state index is 5.48. The van der Waals surface area contributed by atoms with E-state index in [0.717, 1.165) is 24.5 Å². The molecule has 0 radical (unpaired) electrons. The predicted molar refractivity (Wildman–Crippen MR) is 65.1 cm³/mol. The quantitative estimate of drug-likeness (QED) is 0.729. The molecule has 1 rings (SSSR count). The van der Waals surface area contributed by atoms with E-state index in [1.54, 1.807) is 0 Å². The molecule has 0 unspecified atom stereocenters. The van der Waals surface area contributed by atoms with Crippen molar-refractivity contribution in [1.82, 2.24) is 0 Å². The average molecular weight is 208 g/mol. The fraction of sp³-hybridized carbons (Fsp3) is 0.333. The van der Waals surface area contributed by atoms with Crippen LogP contribution in [0.2, 0.25) is 0 Å². The van der Waals surface area contributed by atoms with Gasteiger partial charge in [0.15, 0.2) is 0 Å².